The molecule has 2 aromatic heterocycles. The molecule has 0 saturated carbocycles. The summed E-state index contributed by atoms with van der Waals surface area (Å²) in [6.07, 6.45) is -3.68. The van der Waals surface area contributed by atoms with Gasteiger partial charge in [-0.25, -0.2) is 14.2 Å². The number of halogens is 1. The number of ether oxygens (including phenoxy) is 4. The Hall–Kier alpha value is -3.63. The third-order valence-electron chi connectivity index (χ3n) is 6.73. The third-order valence-corrected chi connectivity index (χ3v) is 6.73. The Morgan fingerprint density at radius 2 is 1.88 bits per heavy atom. The Kier molecular flexibility index (Phi) is 10.2. The molecule has 0 spiro atoms. The van der Waals surface area contributed by atoms with E-state index in [1.54, 1.807) is 20.8 Å². The summed E-state index contributed by atoms with van der Waals surface area (Å²) < 4.78 is 37.4. The number of nitrogens with zero attached hydrogens (tertiary/aromatic N) is 3. The van der Waals surface area contributed by atoms with Crippen molar-refractivity contribution < 1.29 is 37.7 Å². The zero-order valence-corrected chi connectivity index (χ0v) is 22.7. The van der Waals surface area contributed by atoms with Gasteiger partial charge in [0.2, 0.25) is 12.1 Å². The Morgan fingerprint density at radius 3 is 2.52 bits per heavy atom. The molecule has 0 radical (unpaired) electrons. The summed E-state index contributed by atoms with van der Waals surface area (Å²) in [7, 11) is 0. The van der Waals surface area contributed by atoms with Crippen LogP contribution in [0.1, 0.15) is 46.8 Å². The van der Waals surface area contributed by atoms with Gasteiger partial charge in [0.05, 0.1) is 6.33 Å². The summed E-state index contributed by atoms with van der Waals surface area (Å²) in [5.74, 6) is -3.44. The van der Waals surface area contributed by atoms with Gasteiger partial charge in [0.15, 0.2) is 11.2 Å². The summed E-state index contributed by atoms with van der Waals surface area (Å²) in [5.41, 5.74) is 16.8. The molecule has 1 saturated heterocycles. The number of nitrogen functional groups attached to an aromatic ring is 1. The van der Waals surface area contributed by atoms with Crippen LogP contribution < -0.4 is 22.8 Å². The third kappa shape index (κ3) is 7.11. The number of rotatable bonds is 12. The van der Waals surface area contributed by atoms with E-state index in [1.807, 2.05) is 6.92 Å². The first-order valence-corrected chi connectivity index (χ1v) is 12.9. The highest BCUT2D eigenvalue weighted by atomic mass is 19.1. The van der Waals surface area contributed by atoms with Crippen LogP contribution in [0.5, 0.6) is 0 Å². The highest BCUT2D eigenvalue weighted by molar-refractivity contribution is 5.82. The molecule has 0 aromatic carbocycles. The molecule has 4 unspecified atom stereocenters. The second-order valence-corrected chi connectivity index (χ2v) is 10.0. The lowest BCUT2D eigenvalue weighted by Gasteiger charge is -2.23. The maximum absolute atomic E-state index is 14.9. The van der Waals surface area contributed by atoms with Gasteiger partial charge in [-0.2, -0.15) is 4.98 Å². The van der Waals surface area contributed by atoms with Gasteiger partial charge in [-0.3, -0.25) is 23.9 Å². The molecule has 3 rings (SSSR count). The van der Waals surface area contributed by atoms with Gasteiger partial charge in [-0.1, -0.05) is 34.1 Å². The average molecular weight is 570 g/mol. The lowest BCUT2D eigenvalue weighted by molar-refractivity contribution is -0.178. The van der Waals surface area contributed by atoms with Crippen LogP contribution in [0.25, 0.3) is 11.2 Å². The summed E-state index contributed by atoms with van der Waals surface area (Å²) in [6, 6.07) is -2.01. The van der Waals surface area contributed by atoms with E-state index in [0.717, 1.165) is 0 Å². The quantitative estimate of drug-likeness (QED) is 0.190. The van der Waals surface area contributed by atoms with E-state index in [1.165, 1.54) is 10.9 Å². The largest absolute Gasteiger partial charge is 0.460 e. The Morgan fingerprint density at radius 1 is 1.18 bits per heavy atom. The first-order chi connectivity index (χ1) is 18.8. The van der Waals surface area contributed by atoms with Gasteiger partial charge in [0.25, 0.3) is 5.56 Å². The molecule has 40 heavy (non-hydrogen) atoms. The minimum atomic E-state index is -1.67. The molecule has 1 aliphatic heterocycles. The molecule has 222 valence electrons. The van der Waals surface area contributed by atoms with E-state index in [2.05, 4.69) is 15.0 Å². The summed E-state index contributed by atoms with van der Waals surface area (Å²) in [5, 5.41) is 0. The Bertz CT molecular complexity index is 1270. The van der Waals surface area contributed by atoms with Crippen LogP contribution in [-0.2, 0) is 33.3 Å². The summed E-state index contributed by atoms with van der Waals surface area (Å²) in [4.78, 5) is 60.0. The van der Waals surface area contributed by atoms with E-state index < -0.39 is 73.4 Å². The van der Waals surface area contributed by atoms with Gasteiger partial charge in [0.1, 0.15) is 43.8 Å². The number of carbonyl (C=O) groups excluding carboxylic acids is 3. The van der Waals surface area contributed by atoms with Crippen molar-refractivity contribution in [2.24, 2.45) is 23.3 Å². The number of nitrogens with one attached hydrogen (secondary N) is 1. The maximum Gasteiger partial charge on any atom is 0.351 e. The number of hydrogen-bond donors (Lipinski definition) is 4. The summed E-state index contributed by atoms with van der Waals surface area (Å²) >= 11 is 0. The number of nitrogens with two attached hydrogens (primary N) is 3. The molecular formula is C24H36FN7O8. The number of aromatic amines is 1. The SMILES string of the molecule is CC[C@@H](C)[C@H](N)C(=O)OC(COC(=O)[C@@H](N)C(C)C)C(=O)OCC1OC(n2cnc3c(=O)[nH]c(N)nc32)CC1F. The van der Waals surface area contributed by atoms with E-state index in [0.29, 0.717) is 6.42 Å². The maximum atomic E-state index is 14.9. The Labute approximate surface area is 228 Å². The zero-order chi connectivity index (χ0) is 29.7. The first kappa shape index (κ1) is 30.9. The molecule has 0 bridgehead atoms. The lowest BCUT2D eigenvalue weighted by atomic mass is 10.0. The molecule has 7 N–H and O–H groups in total. The van der Waals surface area contributed by atoms with Gasteiger partial charge in [-0.05, 0) is 11.8 Å². The average Bonchev–Trinajstić information content (AvgIpc) is 3.50. The fourth-order valence-electron chi connectivity index (χ4n) is 3.80. The topological polar surface area (TPSA) is 230 Å². The van der Waals surface area contributed by atoms with Crippen molar-refractivity contribution in [2.45, 2.75) is 77.2 Å². The minimum absolute atomic E-state index is 0.00456. The molecule has 2 aromatic rings. The number of hydrogen-bond acceptors (Lipinski definition) is 13. The highest BCUT2D eigenvalue weighted by Gasteiger charge is 2.39. The van der Waals surface area contributed by atoms with Gasteiger partial charge < -0.3 is 36.1 Å². The van der Waals surface area contributed by atoms with Crippen molar-refractivity contribution in [1.82, 2.24) is 19.5 Å². The number of imidazole rings is 1. The van der Waals surface area contributed by atoms with Gasteiger partial charge >= 0.3 is 17.9 Å². The number of fused-ring (bicyclic) bond motifs is 1. The highest BCUT2D eigenvalue weighted by Crippen LogP contribution is 2.32. The van der Waals surface area contributed by atoms with Gasteiger partial charge in [0, 0.05) is 6.42 Å². The number of anilines is 1. The molecule has 7 atom stereocenters. The monoisotopic (exact) mass is 569 g/mol. The second-order valence-electron chi connectivity index (χ2n) is 10.0. The smallest absolute Gasteiger partial charge is 0.351 e. The number of H-pyrrole nitrogens is 1. The van der Waals surface area contributed by atoms with Crippen molar-refractivity contribution in [1.29, 1.82) is 0 Å². The van der Waals surface area contributed by atoms with Crippen LogP contribution in [0.2, 0.25) is 0 Å². The molecule has 3 heterocycles. The molecule has 15 nitrogen and oxygen atoms in total. The van der Waals surface area contributed by atoms with E-state index in [-0.39, 0.29) is 35.4 Å². The predicted octanol–water partition coefficient (Wildman–Crippen LogP) is -0.318. The van der Waals surface area contributed by atoms with E-state index in [9.17, 15) is 23.6 Å². The van der Waals surface area contributed by atoms with Crippen LogP contribution in [0.3, 0.4) is 0 Å². The molecule has 1 fully saturated rings. The number of alkyl halides is 1. The van der Waals surface area contributed by atoms with E-state index in [4.69, 9.17) is 36.1 Å². The molecule has 0 aliphatic carbocycles. The van der Waals surface area contributed by atoms with Crippen molar-refractivity contribution in [3.05, 3.63) is 16.7 Å². The zero-order valence-electron chi connectivity index (χ0n) is 22.7. The fraction of sp³-hybridized carbons (Fsp3) is 0.667. The first-order valence-electron chi connectivity index (χ1n) is 12.9. The van der Waals surface area contributed by atoms with Crippen molar-refractivity contribution in [3.63, 3.8) is 0 Å². The molecular weight excluding hydrogens is 533 g/mol. The van der Waals surface area contributed by atoms with Crippen LogP contribution in [0.4, 0.5) is 10.3 Å². The van der Waals surface area contributed by atoms with E-state index >= 15 is 0 Å². The van der Waals surface area contributed by atoms with Crippen LogP contribution >= 0.6 is 0 Å². The molecule has 16 heteroatoms. The number of carbonyl (C=O) groups is 3. The van der Waals surface area contributed by atoms with Gasteiger partial charge in [-0.15, -0.1) is 0 Å². The predicted molar refractivity (Wildman–Crippen MR) is 138 cm³/mol. The molecule has 0 amide bonds. The lowest BCUT2D eigenvalue weighted by Crippen LogP contribution is -2.45. The van der Waals surface area contributed by atoms with Crippen LogP contribution in [-0.4, -0.2) is 81.1 Å². The molecule has 1 aliphatic rings. The van der Waals surface area contributed by atoms with Crippen molar-refractivity contribution in [2.75, 3.05) is 18.9 Å². The Balaban J connectivity index is 1.67. The minimum Gasteiger partial charge on any atom is -0.460 e. The normalized spacial score (nSPS) is 22.1. The van der Waals surface area contributed by atoms with Crippen molar-refractivity contribution in [3.8, 4) is 0 Å². The summed E-state index contributed by atoms with van der Waals surface area (Å²) in [6.45, 7) is 5.76. The van der Waals surface area contributed by atoms with Crippen molar-refractivity contribution >= 4 is 35.0 Å². The number of esters is 3. The van der Waals surface area contributed by atoms with Crippen LogP contribution in [0.15, 0.2) is 11.1 Å². The van der Waals surface area contributed by atoms with Crippen LogP contribution in [0, 0.1) is 11.8 Å². The second kappa shape index (κ2) is 13.1. The fourth-order valence-corrected chi connectivity index (χ4v) is 3.80. The number of aromatic nitrogens is 4. The standard InChI is InChI=1S/C24H36FN7O8/c1-5-11(4)17(27)23(36)40-14(8-38-22(35)16(26)10(2)3)21(34)37-7-13-12(25)6-15(39-13)32-9-29-18-19(32)30-24(28)31-20(18)33/h9-17H,5-8,26-27H2,1-4H3,(H3,28,30,31,33)/t11-,12?,13?,14?,15?,16+,17+/m1/s1.